The molecule has 0 aromatic carbocycles. The van der Waals surface area contributed by atoms with E-state index in [1.54, 1.807) is 6.21 Å². The Bertz CT molecular complexity index is 21.2. The zero-order valence-corrected chi connectivity index (χ0v) is 4.56. The SMILES string of the molecule is CC=NI. The minimum Gasteiger partial charge on any atom is -0.228 e. The van der Waals surface area contributed by atoms with E-state index >= 15 is 0 Å². The molecule has 0 saturated heterocycles. The van der Waals surface area contributed by atoms with E-state index in [4.69, 9.17) is 0 Å². The van der Waals surface area contributed by atoms with Gasteiger partial charge in [0, 0.05) is 6.21 Å². The molecule has 0 bridgehead atoms. The zero-order chi connectivity index (χ0) is 3.41. The predicted molar refractivity (Wildman–Crippen MR) is 28.2 cm³/mol. The van der Waals surface area contributed by atoms with Gasteiger partial charge in [-0.15, -0.1) is 0 Å². The zero-order valence-electron chi connectivity index (χ0n) is 2.40. The largest absolute Gasteiger partial charge is 0.228 e. The molecule has 0 saturated carbocycles. The van der Waals surface area contributed by atoms with Crippen LogP contribution >= 0.6 is 22.9 Å². The standard InChI is InChI=1S/C2H4IN/c1-2-4-3/h2H,1H3. The van der Waals surface area contributed by atoms with Gasteiger partial charge in [0.15, 0.2) is 0 Å². The lowest BCUT2D eigenvalue weighted by atomic mass is 10.9. The molecule has 0 heterocycles. The van der Waals surface area contributed by atoms with E-state index in [0.717, 1.165) is 0 Å². The average Bonchev–Trinajstić information content (AvgIpc) is 1.37. The van der Waals surface area contributed by atoms with Crippen molar-refractivity contribution in [1.29, 1.82) is 0 Å². The molecule has 0 aromatic rings. The molecular weight excluding hydrogens is 165 g/mol. The summed E-state index contributed by atoms with van der Waals surface area (Å²) in [6.07, 6.45) is 1.74. The molecule has 4 heavy (non-hydrogen) atoms. The third-order valence-electron chi connectivity index (χ3n) is 0.0976. The molecule has 0 unspecified atom stereocenters. The lowest BCUT2D eigenvalue weighted by Crippen LogP contribution is -1.38. The summed E-state index contributed by atoms with van der Waals surface area (Å²) in [5.41, 5.74) is 0. The van der Waals surface area contributed by atoms with Gasteiger partial charge in [0.25, 0.3) is 0 Å². The summed E-state index contributed by atoms with van der Waals surface area (Å²) < 4.78 is 3.58. The maximum atomic E-state index is 3.58. The third-order valence-corrected chi connectivity index (χ3v) is 0.655. The van der Waals surface area contributed by atoms with E-state index in [1.807, 2.05) is 29.8 Å². The monoisotopic (exact) mass is 169 g/mol. The summed E-state index contributed by atoms with van der Waals surface area (Å²) >= 11 is 1.92. The second-order valence-electron chi connectivity index (χ2n) is 0.356. The van der Waals surface area contributed by atoms with E-state index in [-0.39, 0.29) is 0 Å². The molecule has 0 fully saturated rings. The van der Waals surface area contributed by atoms with Crippen molar-refractivity contribution in [3.05, 3.63) is 0 Å². The van der Waals surface area contributed by atoms with E-state index < -0.39 is 0 Å². The second kappa shape index (κ2) is 3.40. The van der Waals surface area contributed by atoms with Crippen molar-refractivity contribution in [2.45, 2.75) is 6.92 Å². The average molecular weight is 169 g/mol. The van der Waals surface area contributed by atoms with Gasteiger partial charge in [0.05, 0.1) is 22.9 Å². The van der Waals surface area contributed by atoms with Crippen LogP contribution in [-0.4, -0.2) is 6.21 Å². The van der Waals surface area contributed by atoms with Crippen LogP contribution in [0.1, 0.15) is 6.92 Å². The normalized spacial score (nSPS) is 9.50. The van der Waals surface area contributed by atoms with E-state index in [2.05, 4.69) is 3.21 Å². The van der Waals surface area contributed by atoms with Crippen molar-refractivity contribution in [2.75, 3.05) is 0 Å². The number of nitrogens with zero attached hydrogens (tertiary/aromatic N) is 1. The molecule has 0 aromatic heterocycles. The molecule has 0 aliphatic carbocycles. The van der Waals surface area contributed by atoms with Gasteiger partial charge in [0.2, 0.25) is 0 Å². The fourth-order valence-corrected chi connectivity index (χ4v) is 0. The van der Waals surface area contributed by atoms with Gasteiger partial charge >= 0.3 is 0 Å². The molecule has 0 atom stereocenters. The molecule has 1 nitrogen and oxygen atoms in total. The first-order valence-electron chi connectivity index (χ1n) is 1.00. The van der Waals surface area contributed by atoms with Gasteiger partial charge in [-0.25, -0.2) is 3.21 Å². The summed E-state index contributed by atoms with van der Waals surface area (Å²) in [5.74, 6) is 0. The Morgan fingerprint density at radius 2 is 2.25 bits per heavy atom. The van der Waals surface area contributed by atoms with Crippen molar-refractivity contribution in [3.8, 4) is 0 Å². The molecule has 24 valence electrons. The van der Waals surface area contributed by atoms with Crippen LogP contribution < -0.4 is 0 Å². The number of hydrogen-bond acceptors (Lipinski definition) is 1. The first-order chi connectivity index (χ1) is 1.91. The van der Waals surface area contributed by atoms with Crippen molar-refractivity contribution < 1.29 is 0 Å². The third kappa shape index (κ3) is 2.40. The Balaban J connectivity index is 2.55. The lowest BCUT2D eigenvalue weighted by Gasteiger charge is -1.48. The highest BCUT2D eigenvalue weighted by Crippen LogP contribution is 1.73. The molecule has 0 N–H and O–H groups in total. The Labute approximate surface area is 39.6 Å². The van der Waals surface area contributed by atoms with Crippen LogP contribution in [0, 0.1) is 0 Å². The minimum absolute atomic E-state index is 1.74. The van der Waals surface area contributed by atoms with E-state index in [9.17, 15) is 0 Å². The predicted octanol–water partition coefficient (Wildman–Crippen LogP) is 1.43. The highest BCUT2D eigenvalue weighted by molar-refractivity contribution is 14.1. The van der Waals surface area contributed by atoms with Crippen LogP contribution in [-0.2, 0) is 0 Å². The summed E-state index contributed by atoms with van der Waals surface area (Å²) in [6.45, 7) is 1.88. The fourth-order valence-electron chi connectivity index (χ4n) is 0. The number of rotatable bonds is 0. The van der Waals surface area contributed by atoms with Crippen LogP contribution in [0.4, 0.5) is 0 Å². The van der Waals surface area contributed by atoms with Gasteiger partial charge in [0.1, 0.15) is 0 Å². The van der Waals surface area contributed by atoms with Gasteiger partial charge in [-0.1, -0.05) is 0 Å². The van der Waals surface area contributed by atoms with Crippen molar-refractivity contribution >= 4 is 29.1 Å². The molecule has 0 spiro atoms. The summed E-state index contributed by atoms with van der Waals surface area (Å²) in [6, 6.07) is 0. The molecule has 0 aliphatic heterocycles. The lowest BCUT2D eigenvalue weighted by molar-refractivity contribution is 1.95. The number of halogens is 1. The summed E-state index contributed by atoms with van der Waals surface area (Å²) in [5, 5.41) is 0. The Morgan fingerprint density at radius 1 is 2.00 bits per heavy atom. The minimum atomic E-state index is 1.74. The topological polar surface area (TPSA) is 12.4 Å². The molecular formula is C2H4IN. The Hall–Kier alpha value is 0.400. The van der Waals surface area contributed by atoms with Crippen molar-refractivity contribution in [1.82, 2.24) is 0 Å². The van der Waals surface area contributed by atoms with E-state index in [1.165, 1.54) is 0 Å². The second-order valence-corrected chi connectivity index (χ2v) is 0.913. The maximum absolute atomic E-state index is 3.58. The molecule has 2 heteroatoms. The molecule has 0 rings (SSSR count). The number of hydrogen-bond donors (Lipinski definition) is 0. The highest BCUT2D eigenvalue weighted by atomic mass is 127. The summed E-state index contributed by atoms with van der Waals surface area (Å²) in [7, 11) is 0. The Morgan fingerprint density at radius 3 is 2.25 bits per heavy atom. The first kappa shape index (κ1) is 4.40. The van der Waals surface area contributed by atoms with Crippen molar-refractivity contribution in [2.24, 2.45) is 3.21 Å². The molecule has 0 aliphatic rings. The van der Waals surface area contributed by atoms with Gasteiger partial charge < -0.3 is 0 Å². The van der Waals surface area contributed by atoms with Gasteiger partial charge in [-0.3, -0.25) is 0 Å². The van der Waals surface area contributed by atoms with Crippen molar-refractivity contribution in [3.63, 3.8) is 0 Å². The van der Waals surface area contributed by atoms with Crippen LogP contribution in [0.3, 0.4) is 0 Å². The van der Waals surface area contributed by atoms with Gasteiger partial charge in [-0.2, -0.15) is 0 Å². The first-order valence-corrected chi connectivity index (χ1v) is 1.97. The maximum Gasteiger partial charge on any atom is 0.0827 e. The van der Waals surface area contributed by atoms with Crippen LogP contribution in [0.5, 0.6) is 0 Å². The quantitative estimate of drug-likeness (QED) is 0.384. The highest BCUT2D eigenvalue weighted by Gasteiger charge is 1.36. The van der Waals surface area contributed by atoms with Crippen LogP contribution in [0.25, 0.3) is 0 Å². The smallest absolute Gasteiger partial charge is 0.0827 e. The van der Waals surface area contributed by atoms with E-state index in [0.29, 0.717) is 0 Å². The molecule has 0 radical (unpaired) electrons. The summed E-state index contributed by atoms with van der Waals surface area (Å²) in [4.78, 5) is 0. The van der Waals surface area contributed by atoms with Crippen LogP contribution in [0.15, 0.2) is 3.21 Å². The molecule has 0 amide bonds. The Kier molecular flexibility index (Phi) is 3.74. The fraction of sp³-hybridized carbons (Fsp3) is 0.500. The van der Waals surface area contributed by atoms with Gasteiger partial charge in [-0.05, 0) is 6.92 Å². The van der Waals surface area contributed by atoms with Crippen LogP contribution in [0.2, 0.25) is 0 Å².